The maximum Gasteiger partial charge on any atom is 0.277 e. The molecule has 0 radical (unpaired) electrons. The van der Waals surface area contributed by atoms with Crippen molar-refractivity contribution in [1.29, 1.82) is 0 Å². The number of aliphatic hydroxyl groups is 1. The first-order valence-electron chi connectivity index (χ1n) is 8.38. The van der Waals surface area contributed by atoms with Crippen LogP contribution in [0.25, 0.3) is 10.8 Å². The van der Waals surface area contributed by atoms with E-state index in [1.165, 1.54) is 16.8 Å². The topological polar surface area (TPSA) is 67.6 Å². The first-order chi connectivity index (χ1) is 11.7. The van der Waals surface area contributed by atoms with Gasteiger partial charge >= 0.3 is 0 Å². The van der Waals surface area contributed by atoms with Gasteiger partial charge in [0, 0.05) is 39.3 Å². The third-order valence-electron chi connectivity index (χ3n) is 4.42. The number of aromatic nitrogens is 2. The van der Waals surface area contributed by atoms with E-state index in [0.29, 0.717) is 29.9 Å². The summed E-state index contributed by atoms with van der Waals surface area (Å²) in [7, 11) is 0.533. The lowest BCUT2D eigenvalue weighted by Crippen LogP contribution is -2.34. The number of benzene rings is 1. The van der Waals surface area contributed by atoms with Crippen LogP contribution in [0.2, 0.25) is 25.7 Å². The molecule has 0 aliphatic carbocycles. The van der Waals surface area contributed by atoms with Crippen LogP contribution < -0.4 is 10.5 Å². The summed E-state index contributed by atoms with van der Waals surface area (Å²) >= 11 is 0. The summed E-state index contributed by atoms with van der Waals surface area (Å²) < 4.78 is 20.8. The Bertz CT molecular complexity index is 863. The van der Waals surface area contributed by atoms with Gasteiger partial charge in [0.15, 0.2) is 0 Å². The molecule has 3 rings (SSSR count). The molecule has 1 aromatic carbocycles. The Kier molecular flexibility index (Phi) is 4.69. The van der Waals surface area contributed by atoms with Crippen molar-refractivity contribution in [1.82, 2.24) is 9.78 Å². The standard InChI is InChI=1S/C17H24FN3O3Si/c1-20-9-14(22)16-15-12(7-11(18)8-13(15)20)17(23)21(19-16)10-24-5-6-25(2,3)4/h7-8,14,22H,5-6,9-10H2,1-4H3. The van der Waals surface area contributed by atoms with Gasteiger partial charge in [0.2, 0.25) is 0 Å². The fourth-order valence-electron chi connectivity index (χ4n) is 2.99. The van der Waals surface area contributed by atoms with Crippen molar-refractivity contribution in [3.05, 3.63) is 34.0 Å². The normalized spacial score (nSPS) is 17.4. The number of hydrogen-bond acceptors (Lipinski definition) is 5. The van der Waals surface area contributed by atoms with E-state index < -0.39 is 25.6 Å². The monoisotopic (exact) mass is 365 g/mol. The third kappa shape index (κ3) is 3.60. The molecule has 0 spiro atoms. The molecule has 0 amide bonds. The second-order valence-electron chi connectivity index (χ2n) is 7.78. The van der Waals surface area contributed by atoms with Gasteiger partial charge < -0.3 is 14.7 Å². The molecule has 2 aromatic rings. The van der Waals surface area contributed by atoms with Gasteiger partial charge in [0.25, 0.3) is 5.56 Å². The largest absolute Gasteiger partial charge is 0.385 e. The van der Waals surface area contributed by atoms with Crippen LogP contribution in [0.1, 0.15) is 11.8 Å². The summed E-state index contributed by atoms with van der Waals surface area (Å²) in [6.45, 7) is 7.60. The van der Waals surface area contributed by atoms with E-state index in [2.05, 4.69) is 24.7 Å². The van der Waals surface area contributed by atoms with Gasteiger partial charge in [-0.05, 0) is 18.2 Å². The summed E-state index contributed by atoms with van der Waals surface area (Å²) in [5.74, 6) is -0.480. The van der Waals surface area contributed by atoms with E-state index >= 15 is 0 Å². The number of halogens is 1. The van der Waals surface area contributed by atoms with Crippen LogP contribution >= 0.6 is 0 Å². The van der Waals surface area contributed by atoms with Gasteiger partial charge in [-0.1, -0.05) is 19.6 Å². The molecule has 1 aromatic heterocycles. The van der Waals surface area contributed by atoms with Crippen LogP contribution in [-0.2, 0) is 11.5 Å². The molecule has 0 fully saturated rings. The molecule has 1 aliphatic rings. The lowest BCUT2D eigenvalue weighted by molar-refractivity contribution is 0.0730. The lowest BCUT2D eigenvalue weighted by Gasteiger charge is -2.30. The SMILES string of the molecule is CN1CC(O)c2nn(COCC[Si](C)(C)C)c(=O)c3cc(F)cc1c23. The summed E-state index contributed by atoms with van der Waals surface area (Å²) in [5, 5.41) is 15.4. The van der Waals surface area contributed by atoms with Gasteiger partial charge in [-0.2, -0.15) is 5.10 Å². The number of aliphatic hydroxyl groups excluding tert-OH is 1. The molecule has 0 saturated carbocycles. The van der Waals surface area contributed by atoms with Gasteiger partial charge in [0.1, 0.15) is 24.3 Å². The molecule has 1 atom stereocenters. The van der Waals surface area contributed by atoms with E-state index in [1.54, 1.807) is 11.9 Å². The predicted molar refractivity (Wildman–Crippen MR) is 98.3 cm³/mol. The highest BCUT2D eigenvalue weighted by Crippen LogP contribution is 2.35. The smallest absolute Gasteiger partial charge is 0.277 e. The number of β-amino-alcohol motifs (C(OH)–C–C–N with tert-alkyl or cyclic N) is 1. The Morgan fingerprint density at radius 2 is 2.12 bits per heavy atom. The molecule has 1 aliphatic heterocycles. The van der Waals surface area contributed by atoms with Gasteiger partial charge in [0.05, 0.1) is 5.39 Å². The van der Waals surface area contributed by atoms with E-state index in [9.17, 15) is 14.3 Å². The Morgan fingerprint density at radius 3 is 2.80 bits per heavy atom. The van der Waals surface area contributed by atoms with E-state index in [0.717, 1.165) is 6.04 Å². The zero-order chi connectivity index (χ0) is 18.4. The molecule has 0 bridgehead atoms. The van der Waals surface area contributed by atoms with Crippen LogP contribution in [0.15, 0.2) is 16.9 Å². The van der Waals surface area contributed by atoms with Crippen LogP contribution in [0.5, 0.6) is 0 Å². The fraction of sp³-hybridized carbons (Fsp3) is 0.529. The summed E-state index contributed by atoms with van der Waals surface area (Å²) in [6, 6.07) is 3.55. The summed E-state index contributed by atoms with van der Waals surface area (Å²) in [6.07, 6.45) is -0.834. The quantitative estimate of drug-likeness (QED) is 0.651. The molecule has 1 N–H and O–H groups in total. The molecular weight excluding hydrogens is 341 g/mol. The van der Waals surface area contributed by atoms with E-state index in [-0.39, 0.29) is 12.1 Å². The van der Waals surface area contributed by atoms with Crippen molar-refractivity contribution >= 4 is 24.5 Å². The zero-order valence-electron chi connectivity index (χ0n) is 15.0. The van der Waals surface area contributed by atoms with Crippen molar-refractivity contribution in [3.8, 4) is 0 Å². The number of rotatable bonds is 5. The maximum atomic E-state index is 14.0. The third-order valence-corrected chi connectivity index (χ3v) is 6.12. The fourth-order valence-corrected chi connectivity index (χ4v) is 3.75. The first kappa shape index (κ1) is 18.0. The molecule has 8 heteroatoms. The highest BCUT2D eigenvalue weighted by molar-refractivity contribution is 6.76. The second-order valence-corrected chi connectivity index (χ2v) is 13.4. The van der Waals surface area contributed by atoms with Crippen LogP contribution in [-0.4, -0.2) is 43.2 Å². The lowest BCUT2D eigenvalue weighted by atomic mass is 10.0. The van der Waals surface area contributed by atoms with Crippen LogP contribution in [0.3, 0.4) is 0 Å². The minimum Gasteiger partial charge on any atom is -0.385 e. The number of likely N-dealkylation sites (N-methyl/N-ethyl adjacent to an activating group) is 1. The van der Waals surface area contributed by atoms with Gasteiger partial charge in [-0.3, -0.25) is 4.79 Å². The molecule has 2 heterocycles. The maximum absolute atomic E-state index is 14.0. The van der Waals surface area contributed by atoms with Crippen molar-refractivity contribution in [2.75, 3.05) is 25.1 Å². The van der Waals surface area contributed by atoms with E-state index in [1.807, 2.05) is 0 Å². The van der Waals surface area contributed by atoms with Crippen molar-refractivity contribution in [2.45, 2.75) is 38.5 Å². The van der Waals surface area contributed by atoms with Crippen molar-refractivity contribution in [2.24, 2.45) is 0 Å². The Morgan fingerprint density at radius 1 is 1.40 bits per heavy atom. The molecule has 6 nitrogen and oxygen atoms in total. The molecule has 0 saturated heterocycles. The average Bonchev–Trinajstić information content (AvgIpc) is 2.50. The summed E-state index contributed by atoms with van der Waals surface area (Å²) in [5.41, 5.74) is 0.568. The highest BCUT2D eigenvalue weighted by atomic mass is 28.3. The molecule has 136 valence electrons. The zero-order valence-corrected chi connectivity index (χ0v) is 16.0. The average molecular weight is 365 g/mol. The number of hydrogen-bond donors (Lipinski definition) is 1. The van der Waals surface area contributed by atoms with Crippen molar-refractivity contribution < 1.29 is 14.2 Å². The van der Waals surface area contributed by atoms with Gasteiger partial charge in [-0.25, -0.2) is 9.07 Å². The predicted octanol–water partition coefficient (Wildman–Crippen LogP) is 2.33. The molecular formula is C17H24FN3O3Si. The Hall–Kier alpha value is -1.77. The van der Waals surface area contributed by atoms with Crippen LogP contribution in [0, 0.1) is 5.82 Å². The Labute approximate surface area is 146 Å². The Balaban J connectivity index is 2.00. The highest BCUT2D eigenvalue weighted by Gasteiger charge is 2.28. The van der Waals surface area contributed by atoms with Crippen LogP contribution in [0.4, 0.5) is 10.1 Å². The first-order valence-corrected chi connectivity index (χ1v) is 12.1. The number of nitrogens with zero attached hydrogens (tertiary/aromatic N) is 3. The number of anilines is 1. The minimum absolute atomic E-state index is 0.000654. The second kappa shape index (κ2) is 6.51. The van der Waals surface area contributed by atoms with Gasteiger partial charge in [-0.15, -0.1) is 0 Å². The van der Waals surface area contributed by atoms with Crippen molar-refractivity contribution in [3.63, 3.8) is 0 Å². The molecule has 1 unspecified atom stereocenters. The molecule has 25 heavy (non-hydrogen) atoms. The van der Waals surface area contributed by atoms with E-state index in [4.69, 9.17) is 4.74 Å². The number of ether oxygens (including phenoxy) is 1. The summed E-state index contributed by atoms with van der Waals surface area (Å²) in [4.78, 5) is 14.4. The minimum atomic E-state index is -1.22.